The normalized spacial score (nSPS) is 13.2. The van der Waals surface area contributed by atoms with Crippen LogP contribution in [0.5, 0.6) is 0 Å². The molecule has 1 unspecified atom stereocenters. The smallest absolute Gasteiger partial charge is 0.269 e. The van der Waals surface area contributed by atoms with Crippen molar-refractivity contribution in [2.45, 2.75) is 10.9 Å². The predicted octanol–water partition coefficient (Wildman–Crippen LogP) is 0.342. The van der Waals surface area contributed by atoms with Crippen LogP contribution in [0.2, 0.25) is 0 Å². The highest BCUT2D eigenvalue weighted by Gasteiger charge is 2.19. The van der Waals surface area contributed by atoms with Crippen LogP contribution in [0.4, 0.5) is 5.69 Å². The molecule has 100 valence electrons. The van der Waals surface area contributed by atoms with Crippen LogP contribution in [0, 0.1) is 10.1 Å². The van der Waals surface area contributed by atoms with E-state index in [0.29, 0.717) is 0 Å². The van der Waals surface area contributed by atoms with E-state index in [0.717, 1.165) is 12.1 Å². The Morgan fingerprint density at radius 1 is 1.39 bits per heavy atom. The average Bonchev–Trinajstić information content (AvgIpc) is 2.28. The first-order valence-electron chi connectivity index (χ1n) is 5.08. The minimum Gasteiger partial charge on any atom is -0.383 e. The summed E-state index contributed by atoms with van der Waals surface area (Å²) in [6.07, 6.45) is 0. The lowest BCUT2D eigenvalue weighted by atomic mass is 10.3. The van der Waals surface area contributed by atoms with Gasteiger partial charge in [0, 0.05) is 25.3 Å². The van der Waals surface area contributed by atoms with E-state index in [1.54, 1.807) is 0 Å². The lowest BCUT2D eigenvalue weighted by molar-refractivity contribution is -0.384. The molecule has 0 aromatic heterocycles. The Morgan fingerprint density at radius 2 is 1.94 bits per heavy atom. The average molecular weight is 274 g/mol. The third-order valence-corrected chi connectivity index (χ3v) is 4.08. The van der Waals surface area contributed by atoms with Crippen LogP contribution in [0.1, 0.15) is 0 Å². The zero-order valence-corrected chi connectivity index (χ0v) is 10.6. The number of nitro groups is 1. The zero-order chi connectivity index (χ0) is 13.8. The standard InChI is InChI=1S/C10H14N2O5S/c1-17-6-8(11)7-18(15,16)10-4-2-9(3-5-10)12(13)14/h2-5,8H,6-7,11H2,1H3. The van der Waals surface area contributed by atoms with Gasteiger partial charge in [0.1, 0.15) is 0 Å². The van der Waals surface area contributed by atoms with E-state index in [1.165, 1.54) is 19.2 Å². The number of hydrogen-bond donors (Lipinski definition) is 1. The number of rotatable bonds is 6. The SMILES string of the molecule is COCC(N)CS(=O)(=O)c1ccc([N+](=O)[O-])cc1. The Morgan fingerprint density at radius 3 is 2.39 bits per heavy atom. The Balaban J connectivity index is 2.88. The van der Waals surface area contributed by atoms with Crippen LogP contribution >= 0.6 is 0 Å². The van der Waals surface area contributed by atoms with Gasteiger partial charge < -0.3 is 10.5 Å². The summed E-state index contributed by atoms with van der Waals surface area (Å²) >= 11 is 0. The fourth-order valence-electron chi connectivity index (χ4n) is 1.42. The molecular weight excluding hydrogens is 260 g/mol. The van der Waals surface area contributed by atoms with Gasteiger partial charge in [0.15, 0.2) is 9.84 Å². The largest absolute Gasteiger partial charge is 0.383 e. The van der Waals surface area contributed by atoms with Crippen molar-refractivity contribution in [2.75, 3.05) is 19.5 Å². The molecule has 0 fully saturated rings. The van der Waals surface area contributed by atoms with Gasteiger partial charge >= 0.3 is 0 Å². The molecule has 0 spiro atoms. The van der Waals surface area contributed by atoms with Gasteiger partial charge in [0.25, 0.3) is 5.69 Å². The molecule has 0 amide bonds. The number of non-ortho nitro benzene ring substituents is 1. The van der Waals surface area contributed by atoms with Crippen LogP contribution in [-0.2, 0) is 14.6 Å². The molecular formula is C10H14N2O5S. The van der Waals surface area contributed by atoms with E-state index in [4.69, 9.17) is 10.5 Å². The molecule has 1 aromatic rings. The van der Waals surface area contributed by atoms with Crippen LogP contribution < -0.4 is 5.73 Å². The van der Waals surface area contributed by atoms with E-state index < -0.39 is 20.8 Å². The first-order valence-corrected chi connectivity index (χ1v) is 6.74. The second-order valence-electron chi connectivity index (χ2n) is 3.75. The van der Waals surface area contributed by atoms with Crippen molar-refractivity contribution in [1.82, 2.24) is 0 Å². The van der Waals surface area contributed by atoms with Crippen LogP contribution in [0.3, 0.4) is 0 Å². The maximum atomic E-state index is 11.9. The number of ether oxygens (including phenoxy) is 1. The molecule has 7 nitrogen and oxygen atoms in total. The molecule has 0 aliphatic rings. The Kier molecular flexibility index (Phi) is 4.76. The number of hydrogen-bond acceptors (Lipinski definition) is 6. The van der Waals surface area contributed by atoms with Crippen molar-refractivity contribution >= 4 is 15.5 Å². The number of nitro benzene ring substituents is 1. The summed E-state index contributed by atoms with van der Waals surface area (Å²) in [6, 6.07) is 4.07. The Bertz CT molecular complexity index is 512. The first-order chi connectivity index (χ1) is 8.36. The van der Waals surface area contributed by atoms with Crippen molar-refractivity contribution in [3.05, 3.63) is 34.4 Å². The second kappa shape index (κ2) is 5.89. The number of methoxy groups -OCH3 is 1. The lowest BCUT2D eigenvalue weighted by Crippen LogP contribution is -2.33. The van der Waals surface area contributed by atoms with E-state index in [9.17, 15) is 18.5 Å². The van der Waals surface area contributed by atoms with Crippen LogP contribution in [0.25, 0.3) is 0 Å². The van der Waals surface area contributed by atoms with E-state index in [1.807, 2.05) is 0 Å². The molecule has 0 aliphatic heterocycles. The maximum Gasteiger partial charge on any atom is 0.269 e. The molecule has 1 rings (SSSR count). The minimum atomic E-state index is -3.55. The molecule has 0 radical (unpaired) electrons. The van der Waals surface area contributed by atoms with Gasteiger partial charge in [-0.2, -0.15) is 0 Å². The highest BCUT2D eigenvalue weighted by molar-refractivity contribution is 7.91. The van der Waals surface area contributed by atoms with Gasteiger partial charge in [-0.15, -0.1) is 0 Å². The molecule has 0 bridgehead atoms. The van der Waals surface area contributed by atoms with Gasteiger partial charge in [-0.25, -0.2) is 8.42 Å². The third kappa shape index (κ3) is 3.76. The van der Waals surface area contributed by atoms with Crippen molar-refractivity contribution in [3.63, 3.8) is 0 Å². The number of benzene rings is 1. The summed E-state index contributed by atoms with van der Waals surface area (Å²) in [7, 11) is -2.12. The van der Waals surface area contributed by atoms with E-state index in [2.05, 4.69) is 0 Å². The summed E-state index contributed by atoms with van der Waals surface area (Å²) in [5.74, 6) is -0.265. The third-order valence-electron chi connectivity index (χ3n) is 2.22. The Hall–Kier alpha value is -1.51. The first kappa shape index (κ1) is 14.6. The number of sulfone groups is 1. The summed E-state index contributed by atoms with van der Waals surface area (Å²) < 4.78 is 28.5. The van der Waals surface area contributed by atoms with Crippen molar-refractivity contribution in [3.8, 4) is 0 Å². The van der Waals surface area contributed by atoms with Crippen molar-refractivity contribution < 1.29 is 18.1 Å². The monoisotopic (exact) mass is 274 g/mol. The highest BCUT2D eigenvalue weighted by atomic mass is 32.2. The van der Waals surface area contributed by atoms with Gasteiger partial charge in [-0.05, 0) is 12.1 Å². The molecule has 0 saturated heterocycles. The molecule has 8 heteroatoms. The molecule has 0 aliphatic carbocycles. The van der Waals surface area contributed by atoms with Crippen molar-refractivity contribution in [2.24, 2.45) is 5.73 Å². The molecule has 18 heavy (non-hydrogen) atoms. The maximum absolute atomic E-state index is 11.9. The topological polar surface area (TPSA) is 113 Å². The van der Waals surface area contributed by atoms with Gasteiger partial charge in [0.2, 0.25) is 0 Å². The second-order valence-corrected chi connectivity index (χ2v) is 5.78. The number of nitrogens with zero attached hydrogens (tertiary/aromatic N) is 1. The summed E-state index contributed by atoms with van der Waals surface area (Å²) in [6.45, 7) is 0.131. The van der Waals surface area contributed by atoms with E-state index in [-0.39, 0.29) is 22.9 Å². The Labute approximate surface area is 105 Å². The minimum absolute atomic E-state index is 0.0136. The summed E-state index contributed by atoms with van der Waals surface area (Å²) in [5.41, 5.74) is 5.42. The zero-order valence-electron chi connectivity index (χ0n) is 9.78. The van der Waals surface area contributed by atoms with Crippen molar-refractivity contribution in [1.29, 1.82) is 0 Å². The van der Waals surface area contributed by atoms with Crippen LogP contribution in [0.15, 0.2) is 29.2 Å². The molecule has 1 atom stereocenters. The fraction of sp³-hybridized carbons (Fsp3) is 0.400. The van der Waals surface area contributed by atoms with Crippen LogP contribution in [-0.4, -0.2) is 38.9 Å². The molecule has 2 N–H and O–H groups in total. The van der Waals surface area contributed by atoms with Gasteiger partial charge in [-0.3, -0.25) is 10.1 Å². The van der Waals surface area contributed by atoms with E-state index >= 15 is 0 Å². The summed E-state index contributed by atoms with van der Waals surface area (Å²) in [5, 5.41) is 10.4. The lowest BCUT2D eigenvalue weighted by Gasteiger charge is -2.10. The molecule has 0 saturated carbocycles. The van der Waals surface area contributed by atoms with Gasteiger partial charge in [0.05, 0.1) is 22.2 Å². The summed E-state index contributed by atoms with van der Waals surface area (Å²) in [4.78, 5) is 9.87. The molecule has 1 aromatic carbocycles. The predicted molar refractivity (Wildman–Crippen MR) is 65.0 cm³/mol. The quantitative estimate of drug-likeness (QED) is 0.591. The van der Waals surface area contributed by atoms with Gasteiger partial charge in [-0.1, -0.05) is 0 Å². The molecule has 0 heterocycles. The fourth-order valence-corrected chi connectivity index (χ4v) is 2.82. The highest BCUT2D eigenvalue weighted by Crippen LogP contribution is 2.17. The number of nitrogens with two attached hydrogens (primary N) is 1.